The van der Waals surface area contributed by atoms with Crippen molar-refractivity contribution in [3.8, 4) is 22.3 Å². The Kier molecular flexibility index (Phi) is 5.17. The Morgan fingerprint density at radius 2 is 1.32 bits per heavy atom. The second-order valence-corrected chi connectivity index (χ2v) is 5.98. The molecule has 0 saturated heterocycles. The molecule has 4 heteroatoms. The average Bonchev–Trinajstić information content (AvgIpc) is 2.64. The molecule has 0 saturated carbocycles. The molecule has 0 N–H and O–H groups in total. The maximum absolute atomic E-state index is 13.8. The van der Waals surface area contributed by atoms with Crippen molar-refractivity contribution >= 4 is 0 Å². The first-order chi connectivity index (χ1) is 12.1. The van der Waals surface area contributed by atoms with Crippen molar-refractivity contribution in [3.05, 3.63) is 77.9 Å². The van der Waals surface area contributed by atoms with E-state index in [0.717, 1.165) is 23.6 Å². The van der Waals surface area contributed by atoms with Gasteiger partial charge in [-0.25, -0.2) is 4.39 Å². The van der Waals surface area contributed by atoms with Crippen molar-refractivity contribution < 1.29 is 13.2 Å². The Morgan fingerprint density at radius 3 is 1.92 bits per heavy atom. The van der Waals surface area contributed by atoms with Gasteiger partial charge >= 0.3 is 0 Å². The molecule has 3 rings (SSSR count). The molecule has 1 heterocycles. The van der Waals surface area contributed by atoms with Crippen LogP contribution in [0.15, 0.2) is 54.6 Å². The Labute approximate surface area is 145 Å². The summed E-state index contributed by atoms with van der Waals surface area (Å²) in [5, 5.41) is 0. The number of unbranched alkanes of at least 4 members (excludes halogenated alkanes) is 1. The summed E-state index contributed by atoms with van der Waals surface area (Å²) in [7, 11) is 0. The van der Waals surface area contributed by atoms with E-state index in [1.54, 1.807) is 12.1 Å². The van der Waals surface area contributed by atoms with Gasteiger partial charge < -0.3 is 0 Å². The van der Waals surface area contributed by atoms with Crippen molar-refractivity contribution in [2.24, 2.45) is 0 Å². The minimum absolute atomic E-state index is 0.0552. The lowest BCUT2D eigenvalue weighted by Crippen LogP contribution is -1.96. The third-order valence-corrected chi connectivity index (χ3v) is 4.19. The van der Waals surface area contributed by atoms with Crippen LogP contribution in [0.2, 0.25) is 0 Å². The highest BCUT2D eigenvalue weighted by molar-refractivity contribution is 5.70. The Bertz CT molecular complexity index is 856. The van der Waals surface area contributed by atoms with Gasteiger partial charge in [-0.1, -0.05) is 61.9 Å². The van der Waals surface area contributed by atoms with Gasteiger partial charge in [0.2, 0.25) is 5.95 Å². The molecule has 0 amide bonds. The van der Waals surface area contributed by atoms with Crippen molar-refractivity contribution in [1.29, 1.82) is 0 Å². The zero-order chi connectivity index (χ0) is 17.8. The van der Waals surface area contributed by atoms with Gasteiger partial charge in [0.25, 0.3) is 5.95 Å². The van der Waals surface area contributed by atoms with Gasteiger partial charge in [0, 0.05) is 5.56 Å². The monoisotopic (exact) mass is 341 g/mol. The molecular weight excluding hydrogens is 323 g/mol. The number of halogens is 3. The number of benzene rings is 2. The molecule has 0 aliphatic rings. The second-order valence-electron chi connectivity index (χ2n) is 5.98. The third-order valence-electron chi connectivity index (χ3n) is 4.19. The molecule has 2 aromatic carbocycles. The average molecular weight is 341 g/mol. The Hall–Kier alpha value is -2.62. The number of pyridine rings is 1. The molecule has 0 bridgehead atoms. The number of aryl methyl sites for hydroxylation is 1. The molecule has 0 aliphatic carbocycles. The van der Waals surface area contributed by atoms with Crippen molar-refractivity contribution in [1.82, 2.24) is 4.98 Å². The van der Waals surface area contributed by atoms with E-state index in [1.807, 2.05) is 12.1 Å². The molecule has 0 fully saturated rings. The highest BCUT2D eigenvalue weighted by Gasteiger charge is 2.13. The standard InChI is InChI=1S/C21H18F3N/c1-2-3-4-14-5-7-15(8-6-14)16-9-11-17(12-10-16)18-13-19(22)21(24)25-20(18)23/h5-13H,2-4H2,1H3. The lowest BCUT2D eigenvalue weighted by Gasteiger charge is -2.07. The molecule has 3 aromatic rings. The fourth-order valence-electron chi connectivity index (χ4n) is 2.74. The van der Waals surface area contributed by atoms with E-state index in [-0.39, 0.29) is 5.56 Å². The minimum atomic E-state index is -1.43. The summed E-state index contributed by atoms with van der Waals surface area (Å²) >= 11 is 0. The lowest BCUT2D eigenvalue weighted by molar-refractivity contribution is 0.449. The van der Waals surface area contributed by atoms with Gasteiger partial charge in [-0.2, -0.15) is 13.8 Å². The number of hydrogen-bond acceptors (Lipinski definition) is 1. The fraction of sp³-hybridized carbons (Fsp3) is 0.190. The zero-order valence-electron chi connectivity index (χ0n) is 13.9. The highest BCUT2D eigenvalue weighted by atomic mass is 19.2. The van der Waals surface area contributed by atoms with Crippen LogP contribution in [0.3, 0.4) is 0 Å². The second kappa shape index (κ2) is 7.51. The normalized spacial score (nSPS) is 10.9. The van der Waals surface area contributed by atoms with Gasteiger partial charge in [-0.15, -0.1) is 0 Å². The predicted molar refractivity (Wildman–Crippen MR) is 93.6 cm³/mol. The van der Waals surface area contributed by atoms with E-state index in [0.29, 0.717) is 5.56 Å². The SMILES string of the molecule is CCCCc1ccc(-c2ccc(-c3cc(F)c(F)nc3F)cc2)cc1. The van der Waals surface area contributed by atoms with Gasteiger partial charge in [0.15, 0.2) is 5.82 Å². The van der Waals surface area contributed by atoms with E-state index in [9.17, 15) is 13.2 Å². The highest BCUT2D eigenvalue weighted by Crippen LogP contribution is 2.27. The minimum Gasteiger partial charge on any atom is -0.202 e. The predicted octanol–water partition coefficient (Wildman–Crippen LogP) is 6.18. The van der Waals surface area contributed by atoms with E-state index >= 15 is 0 Å². The van der Waals surface area contributed by atoms with Crippen LogP contribution >= 0.6 is 0 Å². The van der Waals surface area contributed by atoms with E-state index in [2.05, 4.69) is 36.2 Å². The van der Waals surface area contributed by atoms with Gasteiger partial charge in [0.05, 0.1) is 0 Å². The smallest absolute Gasteiger partial charge is 0.202 e. The molecule has 1 aromatic heterocycles. The molecular formula is C21H18F3N. The summed E-state index contributed by atoms with van der Waals surface area (Å²) < 4.78 is 40.0. The molecule has 0 aliphatic heterocycles. The molecule has 0 unspecified atom stereocenters. The van der Waals surface area contributed by atoms with Crippen molar-refractivity contribution in [2.45, 2.75) is 26.2 Å². The largest absolute Gasteiger partial charge is 0.251 e. The quantitative estimate of drug-likeness (QED) is 0.505. The molecule has 1 nitrogen and oxygen atoms in total. The Balaban J connectivity index is 1.84. The van der Waals surface area contributed by atoms with Gasteiger partial charge in [-0.3, -0.25) is 0 Å². The van der Waals surface area contributed by atoms with Crippen LogP contribution in [0.5, 0.6) is 0 Å². The number of aromatic nitrogens is 1. The van der Waals surface area contributed by atoms with Crippen LogP contribution in [0, 0.1) is 17.7 Å². The molecule has 0 atom stereocenters. The van der Waals surface area contributed by atoms with Crippen LogP contribution in [0.4, 0.5) is 13.2 Å². The van der Waals surface area contributed by atoms with Crippen molar-refractivity contribution in [3.63, 3.8) is 0 Å². The maximum atomic E-state index is 13.8. The maximum Gasteiger partial charge on any atom is 0.251 e. The van der Waals surface area contributed by atoms with Gasteiger partial charge in [0.1, 0.15) is 0 Å². The first kappa shape index (κ1) is 17.2. The first-order valence-corrected chi connectivity index (χ1v) is 8.29. The fourth-order valence-corrected chi connectivity index (χ4v) is 2.74. The third kappa shape index (κ3) is 3.90. The summed E-state index contributed by atoms with van der Waals surface area (Å²) in [6.07, 6.45) is 3.40. The molecule has 128 valence electrons. The lowest BCUT2D eigenvalue weighted by atomic mass is 9.99. The van der Waals surface area contributed by atoms with Crippen LogP contribution in [0.25, 0.3) is 22.3 Å². The first-order valence-electron chi connectivity index (χ1n) is 8.29. The van der Waals surface area contributed by atoms with Crippen LogP contribution < -0.4 is 0 Å². The van der Waals surface area contributed by atoms with Crippen molar-refractivity contribution in [2.75, 3.05) is 0 Å². The summed E-state index contributed by atoms with van der Waals surface area (Å²) in [4.78, 5) is 2.96. The summed E-state index contributed by atoms with van der Waals surface area (Å²) in [6, 6.07) is 16.2. The van der Waals surface area contributed by atoms with Crippen LogP contribution in [-0.2, 0) is 6.42 Å². The summed E-state index contributed by atoms with van der Waals surface area (Å²) in [5.41, 5.74) is 3.72. The summed E-state index contributed by atoms with van der Waals surface area (Å²) in [6.45, 7) is 2.17. The van der Waals surface area contributed by atoms with Crippen LogP contribution in [0.1, 0.15) is 25.3 Å². The number of hydrogen-bond donors (Lipinski definition) is 0. The molecule has 0 radical (unpaired) electrons. The van der Waals surface area contributed by atoms with E-state index < -0.39 is 17.7 Å². The molecule has 25 heavy (non-hydrogen) atoms. The van der Waals surface area contributed by atoms with Crippen LogP contribution in [-0.4, -0.2) is 4.98 Å². The van der Waals surface area contributed by atoms with E-state index in [1.165, 1.54) is 18.4 Å². The zero-order valence-corrected chi connectivity index (χ0v) is 13.9. The Morgan fingerprint density at radius 1 is 0.760 bits per heavy atom. The summed E-state index contributed by atoms with van der Waals surface area (Å²) in [5.74, 6) is -3.61. The number of nitrogens with zero attached hydrogens (tertiary/aromatic N) is 1. The molecule has 0 spiro atoms. The van der Waals surface area contributed by atoms with Gasteiger partial charge in [-0.05, 0) is 41.2 Å². The topological polar surface area (TPSA) is 12.9 Å². The van der Waals surface area contributed by atoms with E-state index in [4.69, 9.17) is 0 Å². The number of rotatable bonds is 5.